The molecule has 0 aliphatic heterocycles. The summed E-state index contributed by atoms with van der Waals surface area (Å²) >= 11 is 61.8. The van der Waals surface area contributed by atoms with Gasteiger partial charge in [0, 0.05) is 117 Å². The summed E-state index contributed by atoms with van der Waals surface area (Å²) in [5.74, 6) is -1.24. The van der Waals surface area contributed by atoms with Crippen LogP contribution in [0, 0.1) is 46.5 Å². The topological polar surface area (TPSA) is 255 Å². The van der Waals surface area contributed by atoms with Crippen molar-refractivity contribution in [1.29, 1.82) is 0 Å². The van der Waals surface area contributed by atoms with Gasteiger partial charge in [0.1, 0.15) is 0 Å². The van der Waals surface area contributed by atoms with Crippen molar-refractivity contribution < 1.29 is 47.9 Å². The zero-order valence-corrected chi connectivity index (χ0v) is 80.1. The van der Waals surface area contributed by atoms with E-state index in [1.807, 2.05) is 109 Å². The summed E-state index contributed by atoms with van der Waals surface area (Å²) in [6, 6.07) is 52.3. The van der Waals surface area contributed by atoms with Gasteiger partial charge < -0.3 is 26.6 Å². The van der Waals surface area contributed by atoms with Crippen molar-refractivity contribution in [2.75, 3.05) is 26.6 Å². The number of unbranched alkanes of at least 4 members (excludes halogenated alkanes) is 1. The van der Waals surface area contributed by atoms with Gasteiger partial charge in [-0.15, -0.1) is 6.58 Å². The number of carbonyl (C=O) groups excluding carboxylic acids is 10. The first-order chi connectivity index (χ1) is 63.2. The van der Waals surface area contributed by atoms with Crippen LogP contribution < -0.4 is 26.6 Å². The molecule has 0 unspecified atom stereocenters. The molecule has 5 heterocycles. The zero-order valence-electron chi connectivity index (χ0n) is 72.5. The van der Waals surface area contributed by atoms with E-state index in [1.165, 1.54) is 9.13 Å². The minimum Gasteiger partial charge on any atom is -0.326 e. The number of aryl methyl sites for hydroxylation is 5. The van der Waals surface area contributed by atoms with Crippen LogP contribution in [0.2, 0.25) is 50.2 Å². The highest BCUT2D eigenvalue weighted by atomic mass is 35.5. The second kappa shape index (κ2) is 43.3. The first kappa shape index (κ1) is 97.8. The minimum atomic E-state index is -0.304. The molecule has 5 N–H and O–H groups in total. The lowest BCUT2D eigenvalue weighted by atomic mass is 9.85. The molecule has 0 spiro atoms. The summed E-state index contributed by atoms with van der Waals surface area (Å²) in [6.07, 6.45) is 19.1. The van der Waals surface area contributed by atoms with Crippen molar-refractivity contribution >= 4 is 258 Å². The largest absolute Gasteiger partial charge is 0.326 e. The van der Waals surface area contributed by atoms with Crippen LogP contribution in [-0.4, -0.2) is 81.9 Å². The Morgan fingerprint density at radius 2 is 0.538 bits per heavy atom. The van der Waals surface area contributed by atoms with Crippen molar-refractivity contribution in [3.63, 3.8) is 0 Å². The van der Waals surface area contributed by atoms with Crippen molar-refractivity contribution in [3.05, 3.63) is 331 Å². The van der Waals surface area contributed by atoms with Crippen LogP contribution in [0.1, 0.15) is 164 Å². The lowest BCUT2D eigenvalue weighted by Gasteiger charge is -2.24. The second-order valence-corrected chi connectivity index (χ2v) is 36.0. The SMILES string of the molecule is C=CCC(=O)Nc1ccc2c(c1)c(C)cn2C(=O)c1c(Cl)cccc1Cl.CCCC(=O)Nc1ccc2c(c1)c(C)cn2C(=O)c1c(Cl)cccc1Cl.CCCCC(=O)Nc1ccc2c(c1)c(C)cn2C(=O)c1c(Cl)cccc1Cl.Cc1cn(C(=O)c2c(Cl)cccc2Cl)c2ccc(NC(=O)C3CC3)cc12.Cc1cn(C(=O)c2c(Cl)cccc2Cl)c2ccc(NC(=O)C3CCC3)cc12. The lowest BCUT2D eigenvalue weighted by Crippen LogP contribution is -2.27. The van der Waals surface area contributed by atoms with Crippen molar-refractivity contribution in [1.82, 2.24) is 22.8 Å². The zero-order chi connectivity index (χ0) is 94.8. The predicted octanol–water partition coefficient (Wildman–Crippen LogP) is 28.2. The number of anilines is 5. The monoisotopic (exact) mass is 1960 g/mol. The number of hydrogen-bond acceptors (Lipinski definition) is 10. The molecule has 15 aromatic rings. The Hall–Kier alpha value is -11.8. The summed E-state index contributed by atoms with van der Waals surface area (Å²) in [6.45, 7) is 17.1. The summed E-state index contributed by atoms with van der Waals surface area (Å²) in [5.41, 5.74) is 13.2. The highest BCUT2D eigenvalue weighted by molar-refractivity contribution is 6.43. The Kier molecular flexibility index (Phi) is 32.1. The molecule has 0 saturated heterocycles. The molecule has 0 bridgehead atoms. The Balaban J connectivity index is 0.000000140. The van der Waals surface area contributed by atoms with Crippen LogP contribution >= 0.6 is 116 Å². The van der Waals surface area contributed by atoms with E-state index >= 15 is 0 Å². The molecule has 0 radical (unpaired) electrons. The summed E-state index contributed by atoms with van der Waals surface area (Å²) in [4.78, 5) is 125. The van der Waals surface area contributed by atoms with Gasteiger partial charge in [0.05, 0.1) is 106 Å². The van der Waals surface area contributed by atoms with E-state index in [1.54, 1.807) is 172 Å². The van der Waals surface area contributed by atoms with E-state index in [0.717, 1.165) is 140 Å². The minimum absolute atomic E-state index is 0.00721. The van der Waals surface area contributed by atoms with Crippen LogP contribution in [0.3, 0.4) is 0 Å². The Morgan fingerprint density at radius 3 is 0.750 bits per heavy atom. The van der Waals surface area contributed by atoms with Crippen LogP contribution in [0.4, 0.5) is 28.4 Å². The number of nitrogens with one attached hydrogen (secondary N) is 5. The van der Waals surface area contributed by atoms with E-state index in [2.05, 4.69) is 33.2 Å². The molecular weight excluding hydrogens is 1880 g/mol. The molecule has 20 nitrogen and oxygen atoms in total. The maximum Gasteiger partial charge on any atom is 0.265 e. The molecule has 30 heteroatoms. The van der Waals surface area contributed by atoms with Crippen LogP contribution in [0.5, 0.6) is 0 Å². The van der Waals surface area contributed by atoms with Gasteiger partial charge in [-0.1, -0.05) is 179 Å². The quantitative estimate of drug-likeness (QED) is 0.0478. The molecule has 5 amide bonds. The van der Waals surface area contributed by atoms with Gasteiger partial charge in [0.2, 0.25) is 29.5 Å². The van der Waals surface area contributed by atoms with Gasteiger partial charge in [0.25, 0.3) is 29.5 Å². The van der Waals surface area contributed by atoms with E-state index in [0.29, 0.717) is 85.6 Å². The molecule has 132 heavy (non-hydrogen) atoms. The maximum absolute atomic E-state index is 13.0. The first-order valence-corrected chi connectivity index (χ1v) is 46.1. The highest BCUT2D eigenvalue weighted by Gasteiger charge is 2.32. The van der Waals surface area contributed by atoms with Gasteiger partial charge in [-0.2, -0.15) is 0 Å². The van der Waals surface area contributed by atoms with E-state index in [-0.39, 0.29) is 105 Å². The number of halogens is 10. The van der Waals surface area contributed by atoms with Crippen molar-refractivity contribution in [2.24, 2.45) is 11.8 Å². The van der Waals surface area contributed by atoms with Crippen LogP contribution in [-0.2, 0) is 24.0 Å². The molecule has 2 fully saturated rings. The van der Waals surface area contributed by atoms with Gasteiger partial charge in [0.15, 0.2) is 0 Å². The number of hydrogen-bond donors (Lipinski definition) is 5. The Morgan fingerprint density at radius 1 is 0.311 bits per heavy atom. The van der Waals surface area contributed by atoms with E-state index in [4.69, 9.17) is 116 Å². The maximum atomic E-state index is 13.0. The molecule has 676 valence electrons. The smallest absolute Gasteiger partial charge is 0.265 e. The molecule has 17 rings (SSSR count). The number of nitrogens with zero attached hydrogens (tertiary/aromatic N) is 5. The second-order valence-electron chi connectivity index (χ2n) is 32.0. The van der Waals surface area contributed by atoms with Gasteiger partial charge in [-0.25, -0.2) is 0 Å². The molecule has 2 aliphatic carbocycles. The molecular formula is C102H88Cl10N10O10. The fraction of sp³-hybridized carbons (Fsp3) is 0.196. The van der Waals surface area contributed by atoms with Crippen molar-refractivity contribution in [3.8, 4) is 0 Å². The fourth-order valence-corrected chi connectivity index (χ4v) is 18.0. The third-order valence-electron chi connectivity index (χ3n) is 22.4. The molecule has 10 aromatic carbocycles. The Labute approximate surface area is 811 Å². The molecule has 2 aliphatic rings. The summed E-state index contributed by atoms with van der Waals surface area (Å²) in [5, 5.41) is 22.0. The third-order valence-corrected chi connectivity index (χ3v) is 25.5. The predicted molar refractivity (Wildman–Crippen MR) is 537 cm³/mol. The Bertz CT molecular complexity index is 7030. The third kappa shape index (κ3) is 22.3. The number of carbonyl (C=O) groups is 10. The van der Waals surface area contributed by atoms with Crippen molar-refractivity contribution in [2.45, 2.75) is 119 Å². The number of rotatable bonds is 19. The van der Waals surface area contributed by atoms with Crippen LogP contribution in [0.15, 0.2) is 226 Å². The number of aromatic nitrogens is 5. The van der Waals surface area contributed by atoms with E-state index in [9.17, 15) is 47.9 Å². The van der Waals surface area contributed by atoms with Gasteiger partial charge >= 0.3 is 0 Å². The van der Waals surface area contributed by atoms with Gasteiger partial charge in [-0.3, -0.25) is 70.8 Å². The highest BCUT2D eigenvalue weighted by Crippen LogP contribution is 2.39. The first-order valence-electron chi connectivity index (χ1n) is 42.3. The molecule has 0 atom stereocenters. The average Bonchev–Trinajstić information content (AvgIpc) is 1.64. The molecule has 2 saturated carbocycles. The lowest BCUT2D eigenvalue weighted by molar-refractivity contribution is -0.122. The summed E-state index contributed by atoms with van der Waals surface area (Å²) in [7, 11) is 0. The fourth-order valence-electron chi connectivity index (χ4n) is 15.2. The standard InChI is InChI=1S/C21H18Cl2N2O2.C21H20Cl2N2O2.C20H16Cl2N2O2.C20H18Cl2N2O2.C20H16Cl2N2O2/c1-12-11-25(21(27)19-16(22)6-3-7-17(19)23)18-9-8-14(10-15(12)18)24-20(26)13-4-2-5-13;1-3-4-8-19(26)24-14-9-10-18-15(11-14)13(2)12-25(18)21(27)20-16(22)6-5-7-17(20)23;1-11-10-24(20(26)18-15(21)3-2-4-16(18)22)17-8-7-13(9-14(11)17)23-19(25)12-5-6-12;2*1-3-5-18(25)23-13-8-9-17-14(10-13)12(2)11-24(17)20(26)19-15(21)6-4-7-16(19)22/h3,6-11,13H,2,4-5H2,1H3,(H,24,26);5-7,9-12H,3-4,8H2,1-2H3,(H,24,26);2-4,7-10,12H,5-6H2,1H3,(H,23,25);4,6-11H,3,5H2,1-2H3,(H,23,25);3-4,6-11H,1,5H2,2H3,(H,23,25). The number of amides is 5. The normalized spacial score (nSPS) is 12.1. The molecule has 5 aromatic heterocycles. The van der Waals surface area contributed by atoms with Gasteiger partial charge in [-0.05, 0) is 253 Å². The van der Waals surface area contributed by atoms with Crippen LogP contribution in [0.25, 0.3) is 54.5 Å². The summed E-state index contributed by atoms with van der Waals surface area (Å²) < 4.78 is 7.70. The van der Waals surface area contributed by atoms with E-state index < -0.39 is 0 Å². The average molecular weight is 1970 g/mol. The number of benzene rings is 10. The number of fused-ring (bicyclic) bond motifs is 5.